The molecule has 4 rings (SSSR count). The highest BCUT2D eigenvalue weighted by atomic mass is 16.5. The predicted octanol–water partition coefficient (Wildman–Crippen LogP) is 3.33. The average Bonchev–Trinajstić information content (AvgIpc) is 3.06. The fraction of sp³-hybridized carbons (Fsp3) is 0.579. The maximum Gasteiger partial charge on any atom is 0.204 e. The second-order valence-electron chi connectivity index (χ2n) is 8.30. The molecule has 0 saturated heterocycles. The molecule has 2 N–H and O–H groups in total. The lowest BCUT2D eigenvalue weighted by Crippen LogP contribution is -2.40. The zero-order chi connectivity index (χ0) is 16.4. The van der Waals surface area contributed by atoms with Crippen LogP contribution >= 0.6 is 0 Å². The third-order valence-electron chi connectivity index (χ3n) is 5.97. The SMILES string of the molecule is CC1(C)CC(=O)C2=C(C1)OC(N)=C(C#N)[C@@H]2[C@@]12C=C[C@@H](CC1)C2. The van der Waals surface area contributed by atoms with Crippen molar-refractivity contribution in [2.45, 2.75) is 46.0 Å². The molecule has 3 aliphatic carbocycles. The van der Waals surface area contributed by atoms with E-state index in [9.17, 15) is 10.1 Å². The summed E-state index contributed by atoms with van der Waals surface area (Å²) in [6.07, 6.45) is 8.87. The van der Waals surface area contributed by atoms with E-state index in [0.29, 0.717) is 30.1 Å². The highest BCUT2D eigenvalue weighted by Gasteiger charge is 2.54. The zero-order valence-corrected chi connectivity index (χ0v) is 13.7. The van der Waals surface area contributed by atoms with E-state index in [1.807, 2.05) is 0 Å². The molecule has 23 heavy (non-hydrogen) atoms. The highest BCUT2D eigenvalue weighted by molar-refractivity contribution is 5.99. The number of ether oxygens (including phenoxy) is 1. The van der Waals surface area contributed by atoms with Gasteiger partial charge in [0.2, 0.25) is 5.88 Å². The summed E-state index contributed by atoms with van der Waals surface area (Å²) in [7, 11) is 0. The molecule has 1 fully saturated rings. The number of carbonyl (C=O) groups is 1. The van der Waals surface area contributed by atoms with Gasteiger partial charge in [0.15, 0.2) is 5.78 Å². The molecular formula is C19H22N2O2. The Hall–Kier alpha value is -2.02. The standard InChI is InChI=1S/C19H22N2O2/c1-18(2)8-13(22)15-14(9-18)23-17(21)12(10-20)16(15)19-5-3-11(7-19)4-6-19/h3,5,11,16H,4,6-9,21H2,1-2H3/t11-,16-,19-/m0/s1. The smallest absolute Gasteiger partial charge is 0.204 e. The Morgan fingerprint density at radius 2 is 2.17 bits per heavy atom. The number of carbonyl (C=O) groups excluding carboxylic acids is 1. The molecule has 0 radical (unpaired) electrons. The van der Waals surface area contributed by atoms with Gasteiger partial charge in [-0.3, -0.25) is 4.79 Å². The minimum atomic E-state index is -0.219. The van der Waals surface area contributed by atoms with Crippen LogP contribution < -0.4 is 5.73 Å². The van der Waals surface area contributed by atoms with Crippen LogP contribution in [0.3, 0.4) is 0 Å². The molecule has 1 saturated carbocycles. The van der Waals surface area contributed by atoms with Gasteiger partial charge < -0.3 is 10.5 Å². The fourth-order valence-corrected chi connectivity index (χ4v) is 5.01. The van der Waals surface area contributed by atoms with Gasteiger partial charge >= 0.3 is 0 Å². The quantitative estimate of drug-likeness (QED) is 0.754. The Morgan fingerprint density at radius 1 is 1.39 bits per heavy atom. The topological polar surface area (TPSA) is 76.1 Å². The maximum absolute atomic E-state index is 12.9. The molecule has 4 nitrogen and oxygen atoms in total. The minimum Gasteiger partial charge on any atom is -0.444 e. The van der Waals surface area contributed by atoms with Crippen molar-refractivity contribution in [3.63, 3.8) is 0 Å². The van der Waals surface area contributed by atoms with E-state index in [1.54, 1.807) is 0 Å². The van der Waals surface area contributed by atoms with E-state index in [4.69, 9.17) is 10.5 Å². The molecule has 4 aliphatic rings. The van der Waals surface area contributed by atoms with E-state index in [2.05, 4.69) is 32.1 Å². The van der Waals surface area contributed by atoms with Crippen molar-refractivity contribution < 1.29 is 9.53 Å². The van der Waals surface area contributed by atoms with Gasteiger partial charge in [-0.15, -0.1) is 0 Å². The van der Waals surface area contributed by atoms with Gasteiger partial charge in [-0.05, 0) is 30.6 Å². The maximum atomic E-state index is 12.9. The Balaban J connectivity index is 1.87. The highest BCUT2D eigenvalue weighted by Crippen LogP contribution is 2.60. The van der Waals surface area contributed by atoms with Crippen LogP contribution in [0, 0.1) is 34.0 Å². The number of hydrogen-bond acceptors (Lipinski definition) is 4. The van der Waals surface area contributed by atoms with Crippen molar-refractivity contribution in [3.05, 3.63) is 34.9 Å². The molecule has 0 unspecified atom stereocenters. The Bertz CT molecular complexity index is 735. The summed E-state index contributed by atoms with van der Waals surface area (Å²) in [5, 5.41) is 9.67. The van der Waals surface area contributed by atoms with Crippen LogP contribution in [0.4, 0.5) is 0 Å². The summed E-state index contributed by atoms with van der Waals surface area (Å²) in [6.45, 7) is 4.15. The number of hydrogen-bond donors (Lipinski definition) is 1. The largest absolute Gasteiger partial charge is 0.444 e. The van der Waals surface area contributed by atoms with Crippen molar-refractivity contribution in [2.24, 2.45) is 28.4 Å². The van der Waals surface area contributed by atoms with Crippen molar-refractivity contribution in [1.29, 1.82) is 5.26 Å². The van der Waals surface area contributed by atoms with Crippen LogP contribution in [0.5, 0.6) is 0 Å². The van der Waals surface area contributed by atoms with Crippen molar-refractivity contribution in [3.8, 4) is 6.07 Å². The van der Waals surface area contributed by atoms with Crippen LogP contribution in [0.1, 0.15) is 46.0 Å². The minimum absolute atomic E-state index is 0.119. The lowest BCUT2D eigenvalue weighted by atomic mass is 9.62. The summed E-state index contributed by atoms with van der Waals surface area (Å²) in [5.41, 5.74) is 7.01. The van der Waals surface area contributed by atoms with E-state index in [1.165, 1.54) is 0 Å². The number of nitrogens with zero attached hydrogens (tertiary/aromatic N) is 1. The van der Waals surface area contributed by atoms with Gasteiger partial charge in [-0.25, -0.2) is 0 Å². The molecule has 0 aromatic rings. The number of rotatable bonds is 1. The van der Waals surface area contributed by atoms with E-state index in [0.717, 1.165) is 24.8 Å². The second-order valence-corrected chi connectivity index (χ2v) is 8.30. The van der Waals surface area contributed by atoms with Crippen molar-refractivity contribution in [1.82, 2.24) is 0 Å². The van der Waals surface area contributed by atoms with Gasteiger partial charge in [0.05, 0.1) is 5.57 Å². The first-order valence-corrected chi connectivity index (χ1v) is 8.38. The Morgan fingerprint density at radius 3 is 2.74 bits per heavy atom. The molecule has 0 spiro atoms. The van der Waals surface area contributed by atoms with Gasteiger partial charge in [-0.1, -0.05) is 26.0 Å². The monoisotopic (exact) mass is 310 g/mol. The molecular weight excluding hydrogens is 288 g/mol. The van der Waals surface area contributed by atoms with Crippen LogP contribution in [0.25, 0.3) is 0 Å². The summed E-state index contributed by atoms with van der Waals surface area (Å²) < 4.78 is 5.76. The normalized spacial score (nSPS) is 37.7. The number of nitrogens with two attached hydrogens (primary N) is 1. The Labute approximate surface area is 136 Å². The second kappa shape index (κ2) is 4.50. The molecule has 2 bridgehead atoms. The summed E-state index contributed by atoms with van der Waals surface area (Å²) in [5.74, 6) is 1.38. The summed E-state index contributed by atoms with van der Waals surface area (Å²) >= 11 is 0. The van der Waals surface area contributed by atoms with Gasteiger partial charge in [0.1, 0.15) is 11.8 Å². The molecule has 4 heteroatoms. The predicted molar refractivity (Wildman–Crippen MR) is 85.4 cm³/mol. The number of allylic oxidation sites excluding steroid dienone is 5. The van der Waals surface area contributed by atoms with Gasteiger partial charge in [0.25, 0.3) is 0 Å². The average molecular weight is 310 g/mol. The summed E-state index contributed by atoms with van der Waals surface area (Å²) in [6, 6.07) is 2.24. The van der Waals surface area contributed by atoms with Gasteiger partial charge in [0, 0.05) is 29.7 Å². The van der Waals surface area contributed by atoms with E-state index < -0.39 is 0 Å². The third-order valence-corrected chi connectivity index (χ3v) is 5.97. The first-order valence-electron chi connectivity index (χ1n) is 8.38. The lowest BCUT2D eigenvalue weighted by molar-refractivity contribution is -0.119. The van der Waals surface area contributed by atoms with Crippen molar-refractivity contribution >= 4 is 5.78 Å². The number of fused-ring (bicyclic) bond motifs is 2. The van der Waals surface area contributed by atoms with Crippen LogP contribution in [-0.2, 0) is 9.53 Å². The first-order chi connectivity index (χ1) is 10.9. The molecule has 0 aromatic heterocycles. The van der Waals surface area contributed by atoms with Crippen LogP contribution in [-0.4, -0.2) is 5.78 Å². The summed E-state index contributed by atoms with van der Waals surface area (Å²) in [4.78, 5) is 12.9. The number of ketones is 1. The van der Waals surface area contributed by atoms with Crippen LogP contribution in [0.2, 0.25) is 0 Å². The zero-order valence-electron chi connectivity index (χ0n) is 13.7. The molecule has 120 valence electrons. The van der Waals surface area contributed by atoms with E-state index in [-0.39, 0.29) is 28.4 Å². The lowest BCUT2D eigenvalue weighted by Gasteiger charge is -2.42. The van der Waals surface area contributed by atoms with Crippen LogP contribution in [0.15, 0.2) is 34.9 Å². The molecule has 0 aromatic carbocycles. The molecule has 0 amide bonds. The fourth-order valence-electron chi connectivity index (χ4n) is 5.01. The van der Waals surface area contributed by atoms with Crippen molar-refractivity contribution in [2.75, 3.05) is 0 Å². The van der Waals surface area contributed by atoms with Gasteiger partial charge in [-0.2, -0.15) is 5.26 Å². The van der Waals surface area contributed by atoms with E-state index >= 15 is 0 Å². The number of nitriles is 1. The first kappa shape index (κ1) is 14.6. The Kier molecular flexibility index (Phi) is 2.85. The molecule has 1 heterocycles. The molecule has 1 aliphatic heterocycles. The number of Topliss-reactive ketones (excluding diaryl/α,β-unsaturated/α-hetero) is 1. The third kappa shape index (κ3) is 1.99. The molecule has 3 atom stereocenters.